The Balaban J connectivity index is 1.68. The second-order valence-electron chi connectivity index (χ2n) is 4.42. The average Bonchev–Trinajstić information content (AvgIpc) is 2.84. The molecular weight excluding hydrogens is 259 g/mol. The van der Waals surface area contributed by atoms with Crippen LogP contribution in [0.25, 0.3) is 0 Å². The fourth-order valence-corrected chi connectivity index (χ4v) is 1.80. The number of nitrogens with one attached hydrogen (secondary N) is 2. The van der Waals surface area contributed by atoms with Gasteiger partial charge in [0.25, 0.3) is 5.91 Å². The molecule has 5 heteroatoms. The summed E-state index contributed by atoms with van der Waals surface area (Å²) in [6.45, 7) is 3.49. The topological polar surface area (TPSA) is 54.3 Å². The van der Waals surface area contributed by atoms with Gasteiger partial charge in [0.2, 0.25) is 0 Å². The number of amides is 1. The first-order chi connectivity index (χ1) is 9.66. The van der Waals surface area contributed by atoms with Crippen LogP contribution in [0.2, 0.25) is 0 Å². The van der Waals surface area contributed by atoms with Gasteiger partial charge in [0.1, 0.15) is 17.3 Å². The van der Waals surface area contributed by atoms with Crippen LogP contribution in [0.5, 0.6) is 0 Å². The van der Waals surface area contributed by atoms with Crippen molar-refractivity contribution in [2.75, 3.05) is 13.1 Å². The molecule has 0 radical (unpaired) electrons. The Kier molecular flexibility index (Phi) is 4.90. The summed E-state index contributed by atoms with van der Waals surface area (Å²) in [7, 11) is 0. The molecule has 1 aromatic heterocycles. The van der Waals surface area contributed by atoms with Gasteiger partial charge in [-0.3, -0.25) is 4.79 Å². The predicted molar refractivity (Wildman–Crippen MR) is 73.9 cm³/mol. The maximum Gasteiger partial charge on any atom is 0.254 e. The van der Waals surface area contributed by atoms with Crippen LogP contribution in [0.3, 0.4) is 0 Å². The third kappa shape index (κ3) is 3.93. The molecule has 0 saturated heterocycles. The van der Waals surface area contributed by atoms with Crippen molar-refractivity contribution in [1.29, 1.82) is 0 Å². The Bertz CT molecular complexity index is 581. The van der Waals surface area contributed by atoms with E-state index in [9.17, 15) is 9.18 Å². The molecule has 0 unspecified atom stereocenters. The molecule has 0 spiro atoms. The van der Waals surface area contributed by atoms with Crippen LogP contribution in [0.1, 0.15) is 21.9 Å². The van der Waals surface area contributed by atoms with Gasteiger partial charge in [-0.1, -0.05) is 12.1 Å². The van der Waals surface area contributed by atoms with Gasteiger partial charge >= 0.3 is 0 Å². The molecule has 0 saturated carbocycles. The van der Waals surface area contributed by atoms with E-state index in [1.54, 1.807) is 12.1 Å². The number of hydrogen-bond donors (Lipinski definition) is 2. The number of carbonyl (C=O) groups is 1. The fraction of sp³-hybridized carbons (Fsp3) is 0.267. The van der Waals surface area contributed by atoms with Crippen molar-refractivity contribution in [1.82, 2.24) is 10.6 Å². The maximum atomic E-state index is 13.4. The number of carbonyl (C=O) groups excluding carboxylic acids is 1. The van der Waals surface area contributed by atoms with Gasteiger partial charge < -0.3 is 15.1 Å². The lowest BCUT2D eigenvalue weighted by molar-refractivity contribution is 0.0950. The molecule has 0 aliphatic rings. The molecule has 1 aromatic carbocycles. The van der Waals surface area contributed by atoms with E-state index in [1.165, 1.54) is 12.1 Å². The Labute approximate surface area is 117 Å². The molecule has 2 aromatic rings. The summed E-state index contributed by atoms with van der Waals surface area (Å²) in [6.07, 6.45) is 0. The molecule has 1 amide bonds. The highest BCUT2D eigenvalue weighted by molar-refractivity contribution is 5.94. The van der Waals surface area contributed by atoms with Crippen LogP contribution in [-0.2, 0) is 6.54 Å². The second-order valence-corrected chi connectivity index (χ2v) is 4.42. The van der Waals surface area contributed by atoms with Crippen LogP contribution in [-0.4, -0.2) is 19.0 Å². The highest BCUT2D eigenvalue weighted by Gasteiger charge is 2.09. The Morgan fingerprint density at radius 2 is 2.00 bits per heavy atom. The summed E-state index contributed by atoms with van der Waals surface area (Å²) in [6, 6.07) is 9.72. The third-order valence-electron chi connectivity index (χ3n) is 2.80. The Morgan fingerprint density at radius 1 is 1.20 bits per heavy atom. The molecule has 1 heterocycles. The van der Waals surface area contributed by atoms with E-state index in [0.717, 1.165) is 11.5 Å². The van der Waals surface area contributed by atoms with Crippen molar-refractivity contribution < 1.29 is 13.6 Å². The summed E-state index contributed by atoms with van der Waals surface area (Å²) in [4.78, 5) is 11.7. The number of benzene rings is 1. The maximum absolute atomic E-state index is 13.4. The molecule has 0 fully saturated rings. The van der Waals surface area contributed by atoms with Crippen LogP contribution < -0.4 is 10.6 Å². The number of rotatable bonds is 6. The first-order valence-corrected chi connectivity index (χ1v) is 6.45. The summed E-state index contributed by atoms with van der Waals surface area (Å²) < 4.78 is 18.7. The lowest BCUT2D eigenvalue weighted by Crippen LogP contribution is -2.32. The number of furan rings is 1. The Morgan fingerprint density at radius 3 is 2.70 bits per heavy atom. The molecule has 0 aliphatic heterocycles. The standard InChI is InChI=1S/C15H17FN2O2/c1-11-6-7-12(20-11)10-17-8-9-18-15(19)13-4-2-3-5-14(13)16/h2-7,17H,8-10H2,1H3,(H,18,19). The number of hydrogen-bond acceptors (Lipinski definition) is 3. The van der Waals surface area contributed by atoms with Gasteiger partial charge in [-0.15, -0.1) is 0 Å². The molecule has 0 bridgehead atoms. The highest BCUT2D eigenvalue weighted by Crippen LogP contribution is 2.06. The largest absolute Gasteiger partial charge is 0.465 e. The lowest BCUT2D eigenvalue weighted by atomic mass is 10.2. The van der Waals surface area contributed by atoms with E-state index >= 15 is 0 Å². The quantitative estimate of drug-likeness (QED) is 0.796. The van der Waals surface area contributed by atoms with Crippen molar-refractivity contribution in [3.63, 3.8) is 0 Å². The van der Waals surface area contributed by atoms with Gasteiger partial charge in [0, 0.05) is 13.1 Å². The van der Waals surface area contributed by atoms with Crippen LogP contribution in [0.4, 0.5) is 4.39 Å². The number of aryl methyl sites for hydroxylation is 1. The molecule has 4 nitrogen and oxygen atoms in total. The molecule has 2 rings (SSSR count). The third-order valence-corrected chi connectivity index (χ3v) is 2.80. The van der Waals surface area contributed by atoms with Crippen molar-refractivity contribution >= 4 is 5.91 Å². The van der Waals surface area contributed by atoms with Gasteiger partial charge in [-0.25, -0.2) is 4.39 Å². The summed E-state index contributed by atoms with van der Waals surface area (Å²) in [5.41, 5.74) is 0.0640. The highest BCUT2D eigenvalue weighted by atomic mass is 19.1. The van der Waals surface area contributed by atoms with E-state index in [2.05, 4.69) is 10.6 Å². The van der Waals surface area contributed by atoms with Crippen molar-refractivity contribution in [2.45, 2.75) is 13.5 Å². The van der Waals surface area contributed by atoms with E-state index in [0.29, 0.717) is 19.6 Å². The van der Waals surface area contributed by atoms with Crippen LogP contribution in [0.15, 0.2) is 40.8 Å². The zero-order valence-corrected chi connectivity index (χ0v) is 11.3. The van der Waals surface area contributed by atoms with Crippen molar-refractivity contribution in [3.05, 3.63) is 59.3 Å². The number of halogens is 1. The molecule has 0 aliphatic carbocycles. The molecule has 0 atom stereocenters. The van der Waals surface area contributed by atoms with Gasteiger partial charge in [0.05, 0.1) is 12.1 Å². The SMILES string of the molecule is Cc1ccc(CNCCNC(=O)c2ccccc2F)o1. The van der Waals surface area contributed by atoms with E-state index in [-0.39, 0.29) is 5.56 Å². The summed E-state index contributed by atoms with van der Waals surface area (Å²) in [5, 5.41) is 5.79. The second kappa shape index (κ2) is 6.86. The first-order valence-electron chi connectivity index (χ1n) is 6.45. The summed E-state index contributed by atoms with van der Waals surface area (Å²) in [5.74, 6) is 0.806. The lowest BCUT2D eigenvalue weighted by Gasteiger charge is -2.06. The Hall–Kier alpha value is -2.14. The normalized spacial score (nSPS) is 10.5. The van der Waals surface area contributed by atoms with Crippen molar-refractivity contribution in [2.24, 2.45) is 0 Å². The minimum absolute atomic E-state index is 0.0640. The van der Waals surface area contributed by atoms with E-state index in [4.69, 9.17) is 4.42 Å². The van der Waals surface area contributed by atoms with E-state index in [1.807, 2.05) is 19.1 Å². The van der Waals surface area contributed by atoms with Gasteiger partial charge in [-0.2, -0.15) is 0 Å². The zero-order chi connectivity index (χ0) is 14.4. The first kappa shape index (κ1) is 14.3. The van der Waals surface area contributed by atoms with Crippen LogP contribution >= 0.6 is 0 Å². The molecule has 20 heavy (non-hydrogen) atoms. The molecular formula is C15H17FN2O2. The van der Waals surface area contributed by atoms with Crippen LogP contribution in [0, 0.1) is 12.7 Å². The smallest absolute Gasteiger partial charge is 0.254 e. The van der Waals surface area contributed by atoms with Crippen molar-refractivity contribution in [3.8, 4) is 0 Å². The fourth-order valence-electron chi connectivity index (χ4n) is 1.80. The van der Waals surface area contributed by atoms with E-state index < -0.39 is 11.7 Å². The molecule has 2 N–H and O–H groups in total. The minimum atomic E-state index is -0.510. The predicted octanol–water partition coefficient (Wildman–Crippen LogP) is 2.25. The minimum Gasteiger partial charge on any atom is -0.465 e. The zero-order valence-electron chi connectivity index (χ0n) is 11.3. The van der Waals surface area contributed by atoms with Gasteiger partial charge in [0.15, 0.2) is 0 Å². The summed E-state index contributed by atoms with van der Waals surface area (Å²) >= 11 is 0. The average molecular weight is 276 g/mol. The van der Waals surface area contributed by atoms with Gasteiger partial charge in [-0.05, 0) is 31.2 Å². The molecule has 106 valence electrons. The monoisotopic (exact) mass is 276 g/mol.